The number of carbonyl (C=O) groups is 2. The number of anilines is 1. The van der Waals surface area contributed by atoms with Crippen LogP contribution < -0.4 is 10.8 Å². The monoisotopic (exact) mass is 309 g/mol. The van der Waals surface area contributed by atoms with Crippen molar-refractivity contribution in [1.82, 2.24) is 0 Å². The molecule has 0 fully saturated rings. The molecule has 0 aliphatic heterocycles. The summed E-state index contributed by atoms with van der Waals surface area (Å²) in [7, 11) is 5.40. The van der Waals surface area contributed by atoms with Gasteiger partial charge in [-0.2, -0.15) is 0 Å². The highest BCUT2D eigenvalue weighted by molar-refractivity contribution is 6.36. The van der Waals surface area contributed by atoms with E-state index < -0.39 is 34.6 Å². The molecule has 1 aromatic carbocycles. The van der Waals surface area contributed by atoms with Crippen LogP contribution in [0.1, 0.15) is 13.8 Å². The lowest BCUT2D eigenvalue weighted by atomic mass is 9.93. The normalized spacial score (nSPS) is 9.82. The molecule has 2 radical (unpaired) electrons. The molecule has 0 amide bonds. The molecule has 0 saturated carbocycles. The minimum absolute atomic E-state index is 0.00926. The molecule has 0 atom stereocenters. The van der Waals surface area contributed by atoms with Crippen LogP contribution in [0, 0.1) is 11.6 Å². The Labute approximate surface area is 127 Å². The van der Waals surface area contributed by atoms with Crippen LogP contribution in [0.5, 0.6) is 0 Å². The molecule has 1 rings (SSSR count). The second-order valence-electron chi connectivity index (χ2n) is 3.97. The quantitative estimate of drug-likeness (QED) is 0.281. The molecule has 0 aliphatic rings. The van der Waals surface area contributed by atoms with Gasteiger partial charge in [0, 0.05) is 11.9 Å². The second kappa shape index (κ2) is 8.16. The predicted octanol–water partition coefficient (Wildman–Crippen LogP) is 1.18. The van der Waals surface area contributed by atoms with Crippen molar-refractivity contribution in [3.05, 3.63) is 35.5 Å². The molecule has 116 valence electrons. The standard InChI is InChI=1S/C14H14BF2NO4/c1-3-21-13(19)8(14(20)22-4-2)7-18-10-6-5-9(16)12(17)11(10)15/h5-7,18H,3-4H2,1-2H3. The Morgan fingerprint density at radius 3 is 2.23 bits per heavy atom. The highest BCUT2D eigenvalue weighted by Crippen LogP contribution is 2.11. The Hall–Kier alpha value is -2.38. The van der Waals surface area contributed by atoms with Gasteiger partial charge in [0.25, 0.3) is 0 Å². The Bertz CT molecular complexity index is 585. The smallest absolute Gasteiger partial charge is 0.347 e. The molecule has 1 N–H and O–H groups in total. The van der Waals surface area contributed by atoms with Gasteiger partial charge in [0.05, 0.1) is 13.2 Å². The van der Waals surface area contributed by atoms with Gasteiger partial charge in [0.15, 0.2) is 17.2 Å². The number of hydrogen-bond acceptors (Lipinski definition) is 5. The number of hydrogen-bond donors (Lipinski definition) is 1. The molecule has 0 saturated heterocycles. The summed E-state index contributed by atoms with van der Waals surface area (Å²) in [5.74, 6) is -4.15. The van der Waals surface area contributed by atoms with Crippen molar-refractivity contribution in [3.8, 4) is 0 Å². The van der Waals surface area contributed by atoms with Crippen molar-refractivity contribution in [2.75, 3.05) is 18.5 Å². The molecule has 0 unspecified atom stereocenters. The van der Waals surface area contributed by atoms with Crippen LogP contribution in [-0.2, 0) is 19.1 Å². The van der Waals surface area contributed by atoms with Gasteiger partial charge in [-0.1, -0.05) is 0 Å². The van der Waals surface area contributed by atoms with Crippen LogP contribution in [0.15, 0.2) is 23.9 Å². The number of carbonyl (C=O) groups excluding carboxylic acids is 2. The predicted molar refractivity (Wildman–Crippen MR) is 76.7 cm³/mol. The Kier molecular flexibility index (Phi) is 6.56. The van der Waals surface area contributed by atoms with Crippen LogP contribution in [0.4, 0.5) is 14.5 Å². The van der Waals surface area contributed by atoms with Crippen molar-refractivity contribution >= 4 is 30.9 Å². The summed E-state index contributed by atoms with van der Waals surface area (Å²) in [5, 5.41) is 2.46. The first kappa shape index (κ1) is 17.7. The molecule has 0 spiro atoms. The highest BCUT2D eigenvalue weighted by Gasteiger charge is 2.21. The van der Waals surface area contributed by atoms with E-state index in [0.717, 1.165) is 18.3 Å². The van der Waals surface area contributed by atoms with E-state index >= 15 is 0 Å². The van der Waals surface area contributed by atoms with Gasteiger partial charge < -0.3 is 14.8 Å². The van der Waals surface area contributed by atoms with Crippen LogP contribution in [0.3, 0.4) is 0 Å². The van der Waals surface area contributed by atoms with Gasteiger partial charge in [-0.05, 0) is 31.4 Å². The molecular formula is C14H14BF2NO4. The van der Waals surface area contributed by atoms with E-state index in [9.17, 15) is 18.4 Å². The Balaban J connectivity index is 3.05. The van der Waals surface area contributed by atoms with Crippen LogP contribution in [-0.4, -0.2) is 33.0 Å². The topological polar surface area (TPSA) is 64.6 Å². The number of rotatable bonds is 6. The largest absolute Gasteiger partial charge is 0.462 e. The molecule has 0 aliphatic carbocycles. The van der Waals surface area contributed by atoms with Gasteiger partial charge >= 0.3 is 11.9 Å². The average Bonchev–Trinajstić information content (AvgIpc) is 2.48. The third-order valence-electron chi connectivity index (χ3n) is 2.50. The lowest BCUT2D eigenvalue weighted by Crippen LogP contribution is -2.21. The van der Waals surface area contributed by atoms with E-state index in [1.165, 1.54) is 0 Å². The SMILES string of the molecule is [B]c1c(NC=C(C(=O)OCC)C(=O)OCC)ccc(F)c1F. The maximum atomic E-state index is 13.3. The average molecular weight is 309 g/mol. The van der Waals surface area contributed by atoms with Crippen LogP contribution >= 0.6 is 0 Å². The fourth-order valence-corrected chi connectivity index (χ4v) is 1.46. The Morgan fingerprint density at radius 2 is 1.73 bits per heavy atom. The minimum atomic E-state index is -1.23. The van der Waals surface area contributed by atoms with Gasteiger partial charge in [-0.3, -0.25) is 0 Å². The summed E-state index contributed by atoms with van der Waals surface area (Å²) in [6.07, 6.45) is 0.971. The first-order chi connectivity index (χ1) is 10.4. The van der Waals surface area contributed by atoms with Crippen LogP contribution in [0.2, 0.25) is 0 Å². The lowest BCUT2D eigenvalue weighted by molar-refractivity contribution is -0.146. The van der Waals surface area contributed by atoms with Gasteiger partial charge in [0.1, 0.15) is 7.85 Å². The molecule has 8 heteroatoms. The van der Waals surface area contributed by atoms with Crippen LogP contribution in [0.25, 0.3) is 0 Å². The Morgan fingerprint density at radius 1 is 1.18 bits per heavy atom. The van der Waals surface area contributed by atoms with Gasteiger partial charge in [-0.15, -0.1) is 0 Å². The summed E-state index contributed by atoms with van der Waals surface area (Å²) >= 11 is 0. The number of ether oxygens (including phenoxy) is 2. The molecule has 0 heterocycles. The van der Waals surface area contributed by atoms with Crippen molar-refractivity contribution in [1.29, 1.82) is 0 Å². The first-order valence-electron chi connectivity index (χ1n) is 6.46. The molecule has 5 nitrogen and oxygen atoms in total. The summed E-state index contributed by atoms with van der Waals surface area (Å²) in [6, 6.07) is 2.02. The number of nitrogens with one attached hydrogen (secondary N) is 1. The highest BCUT2D eigenvalue weighted by atomic mass is 19.2. The van der Waals surface area contributed by atoms with Gasteiger partial charge in [-0.25, -0.2) is 18.4 Å². The molecule has 0 bridgehead atoms. The van der Waals surface area contributed by atoms with E-state index in [4.69, 9.17) is 17.3 Å². The fraction of sp³-hybridized carbons (Fsp3) is 0.286. The van der Waals surface area contributed by atoms with Crippen molar-refractivity contribution < 1.29 is 27.8 Å². The molecule has 0 aromatic heterocycles. The lowest BCUT2D eigenvalue weighted by Gasteiger charge is -2.10. The fourth-order valence-electron chi connectivity index (χ4n) is 1.46. The number of halogens is 2. The molecule has 1 aromatic rings. The van der Waals surface area contributed by atoms with Crippen molar-refractivity contribution in [2.45, 2.75) is 13.8 Å². The minimum Gasteiger partial charge on any atom is -0.462 e. The summed E-state index contributed by atoms with van der Waals surface area (Å²) in [6.45, 7) is 3.26. The summed E-state index contributed by atoms with van der Waals surface area (Å²) < 4.78 is 35.7. The number of benzene rings is 1. The molecular weight excluding hydrogens is 295 g/mol. The van der Waals surface area contributed by atoms with Crippen molar-refractivity contribution in [3.63, 3.8) is 0 Å². The maximum absolute atomic E-state index is 13.3. The third-order valence-corrected chi connectivity index (χ3v) is 2.50. The molecule has 22 heavy (non-hydrogen) atoms. The summed E-state index contributed by atoms with van der Waals surface area (Å²) in [5.41, 5.74) is -0.916. The van der Waals surface area contributed by atoms with E-state index in [0.29, 0.717) is 0 Å². The zero-order valence-corrected chi connectivity index (χ0v) is 12.1. The zero-order chi connectivity index (χ0) is 16.7. The zero-order valence-electron chi connectivity index (χ0n) is 12.1. The second-order valence-corrected chi connectivity index (χ2v) is 3.97. The van der Waals surface area contributed by atoms with E-state index in [-0.39, 0.29) is 18.9 Å². The van der Waals surface area contributed by atoms with Crippen molar-refractivity contribution in [2.24, 2.45) is 0 Å². The first-order valence-corrected chi connectivity index (χ1v) is 6.46. The van der Waals surface area contributed by atoms with Gasteiger partial charge in [0.2, 0.25) is 0 Å². The number of esters is 2. The van der Waals surface area contributed by atoms with E-state index in [1.54, 1.807) is 13.8 Å². The third kappa shape index (κ3) is 4.31. The van der Waals surface area contributed by atoms with E-state index in [1.807, 2.05) is 0 Å². The maximum Gasteiger partial charge on any atom is 0.347 e. The summed E-state index contributed by atoms with van der Waals surface area (Å²) in [4.78, 5) is 23.4. The van der Waals surface area contributed by atoms with E-state index in [2.05, 4.69) is 5.32 Å².